The van der Waals surface area contributed by atoms with E-state index in [0.717, 1.165) is 4.31 Å². The topological polar surface area (TPSA) is 75.7 Å². The lowest BCUT2D eigenvalue weighted by molar-refractivity contribution is 0.102. The van der Waals surface area contributed by atoms with Crippen LogP contribution >= 0.6 is 11.6 Å². The number of hydrogen-bond donors (Lipinski definition) is 1. The molecule has 0 spiro atoms. The molecule has 0 fully saturated rings. The minimum absolute atomic E-state index is 0.00116. The number of ether oxygens (including phenoxy) is 1. The van der Waals surface area contributed by atoms with E-state index < -0.39 is 15.9 Å². The average molecular weight is 383 g/mol. The first-order valence-corrected chi connectivity index (χ1v) is 9.33. The van der Waals surface area contributed by atoms with Gasteiger partial charge in [-0.25, -0.2) is 12.7 Å². The highest BCUT2D eigenvalue weighted by atomic mass is 35.5. The lowest BCUT2D eigenvalue weighted by atomic mass is 10.2. The van der Waals surface area contributed by atoms with Crippen molar-refractivity contribution in [2.75, 3.05) is 26.0 Å². The molecule has 0 atom stereocenters. The molecule has 0 aliphatic rings. The zero-order chi connectivity index (χ0) is 18.6. The van der Waals surface area contributed by atoms with Crippen molar-refractivity contribution in [1.29, 1.82) is 0 Å². The first kappa shape index (κ1) is 19.2. The van der Waals surface area contributed by atoms with Crippen molar-refractivity contribution in [3.8, 4) is 5.75 Å². The maximum atomic E-state index is 12.5. The maximum Gasteiger partial charge on any atom is 0.257 e. The average Bonchev–Trinajstić information content (AvgIpc) is 2.56. The van der Waals surface area contributed by atoms with Gasteiger partial charge in [-0.05, 0) is 49.4 Å². The van der Waals surface area contributed by atoms with Crippen LogP contribution in [0.2, 0.25) is 5.02 Å². The number of amides is 1. The summed E-state index contributed by atoms with van der Waals surface area (Å²) in [7, 11) is -0.816. The predicted octanol–water partition coefficient (Wildman–Crippen LogP) is 3.24. The summed E-state index contributed by atoms with van der Waals surface area (Å²) >= 11 is 6.06. The lowest BCUT2D eigenvalue weighted by Crippen LogP contribution is -2.23. The van der Waals surface area contributed by atoms with Gasteiger partial charge in [0, 0.05) is 19.8 Å². The second-order valence-electron chi connectivity index (χ2n) is 5.34. The third kappa shape index (κ3) is 4.50. The Kier molecular flexibility index (Phi) is 6.05. The fourth-order valence-corrected chi connectivity index (χ4v) is 3.18. The third-order valence-corrected chi connectivity index (χ3v) is 5.52. The third-order valence-electron chi connectivity index (χ3n) is 3.38. The van der Waals surface area contributed by atoms with E-state index in [1.807, 2.05) is 6.92 Å². The van der Waals surface area contributed by atoms with Crippen molar-refractivity contribution >= 4 is 33.2 Å². The Morgan fingerprint density at radius 3 is 2.36 bits per heavy atom. The molecule has 0 aliphatic carbocycles. The summed E-state index contributed by atoms with van der Waals surface area (Å²) < 4.78 is 30.8. The molecule has 0 aromatic heterocycles. The summed E-state index contributed by atoms with van der Waals surface area (Å²) in [4.78, 5) is 12.5. The molecule has 25 heavy (non-hydrogen) atoms. The van der Waals surface area contributed by atoms with E-state index in [2.05, 4.69) is 5.32 Å². The van der Waals surface area contributed by atoms with Crippen molar-refractivity contribution in [3.63, 3.8) is 0 Å². The van der Waals surface area contributed by atoms with Crippen LogP contribution < -0.4 is 10.1 Å². The van der Waals surface area contributed by atoms with E-state index in [0.29, 0.717) is 18.0 Å². The molecule has 1 amide bonds. The van der Waals surface area contributed by atoms with Gasteiger partial charge >= 0.3 is 0 Å². The van der Waals surface area contributed by atoms with Crippen LogP contribution in [0.15, 0.2) is 47.4 Å². The summed E-state index contributed by atoms with van der Waals surface area (Å²) in [5.74, 6) is 0.197. The molecular formula is C17H19ClN2O4S. The molecule has 0 bridgehead atoms. The van der Waals surface area contributed by atoms with Gasteiger partial charge in [0.1, 0.15) is 5.75 Å². The Labute approximate surface area is 152 Å². The Balaban J connectivity index is 2.27. The minimum Gasteiger partial charge on any atom is -0.494 e. The molecule has 1 N–H and O–H groups in total. The van der Waals surface area contributed by atoms with Crippen LogP contribution in [-0.2, 0) is 10.0 Å². The number of nitrogens with zero attached hydrogens (tertiary/aromatic N) is 1. The van der Waals surface area contributed by atoms with Gasteiger partial charge in [-0.2, -0.15) is 0 Å². The van der Waals surface area contributed by atoms with E-state index >= 15 is 0 Å². The Morgan fingerprint density at radius 2 is 1.80 bits per heavy atom. The summed E-state index contributed by atoms with van der Waals surface area (Å²) in [6.45, 7) is 2.43. The zero-order valence-corrected chi connectivity index (χ0v) is 15.7. The zero-order valence-electron chi connectivity index (χ0n) is 14.1. The first-order valence-electron chi connectivity index (χ1n) is 7.52. The van der Waals surface area contributed by atoms with E-state index in [-0.39, 0.29) is 15.5 Å². The highest BCUT2D eigenvalue weighted by Gasteiger charge is 2.20. The van der Waals surface area contributed by atoms with E-state index in [4.69, 9.17) is 16.3 Å². The van der Waals surface area contributed by atoms with Crippen molar-refractivity contribution < 1.29 is 17.9 Å². The van der Waals surface area contributed by atoms with Crippen molar-refractivity contribution in [2.45, 2.75) is 11.8 Å². The van der Waals surface area contributed by atoms with Crippen molar-refractivity contribution in [2.24, 2.45) is 0 Å². The molecule has 0 saturated heterocycles. The second kappa shape index (κ2) is 7.86. The number of sulfonamides is 1. The second-order valence-corrected chi connectivity index (χ2v) is 7.90. The van der Waals surface area contributed by atoms with Gasteiger partial charge in [-0.3, -0.25) is 4.79 Å². The van der Waals surface area contributed by atoms with Crippen LogP contribution in [0.5, 0.6) is 5.75 Å². The molecule has 2 rings (SSSR count). The van der Waals surface area contributed by atoms with Crippen LogP contribution in [0.4, 0.5) is 5.69 Å². The number of carbonyl (C=O) groups excluding carboxylic acids is 1. The molecule has 8 heteroatoms. The summed E-state index contributed by atoms with van der Waals surface area (Å²) in [6.07, 6.45) is 0. The molecule has 0 heterocycles. The Bertz CT molecular complexity index is 865. The van der Waals surface area contributed by atoms with Gasteiger partial charge < -0.3 is 10.1 Å². The lowest BCUT2D eigenvalue weighted by Gasteiger charge is -2.13. The SMILES string of the molecule is CCOc1ccc(NC(=O)c2cc(S(=O)(=O)N(C)C)ccc2Cl)cc1. The van der Waals surface area contributed by atoms with E-state index in [1.165, 1.54) is 32.3 Å². The van der Waals surface area contributed by atoms with Crippen molar-refractivity contribution in [1.82, 2.24) is 4.31 Å². The van der Waals surface area contributed by atoms with E-state index in [9.17, 15) is 13.2 Å². The molecule has 134 valence electrons. The molecular weight excluding hydrogens is 364 g/mol. The highest BCUT2D eigenvalue weighted by molar-refractivity contribution is 7.89. The van der Waals surface area contributed by atoms with Gasteiger partial charge in [0.25, 0.3) is 5.91 Å². The summed E-state index contributed by atoms with van der Waals surface area (Å²) in [6, 6.07) is 10.9. The molecule has 6 nitrogen and oxygen atoms in total. The molecule has 0 unspecified atom stereocenters. The molecule has 0 radical (unpaired) electrons. The largest absolute Gasteiger partial charge is 0.494 e. The molecule has 0 saturated carbocycles. The van der Waals surface area contributed by atoms with Gasteiger partial charge in [-0.15, -0.1) is 0 Å². The molecule has 2 aromatic rings. The van der Waals surface area contributed by atoms with Gasteiger partial charge in [0.05, 0.1) is 22.1 Å². The number of benzene rings is 2. The quantitative estimate of drug-likeness (QED) is 0.832. The van der Waals surface area contributed by atoms with Crippen LogP contribution in [-0.4, -0.2) is 39.3 Å². The normalized spacial score (nSPS) is 11.4. The highest BCUT2D eigenvalue weighted by Crippen LogP contribution is 2.24. The van der Waals surface area contributed by atoms with Gasteiger partial charge in [0.2, 0.25) is 10.0 Å². The number of nitrogens with one attached hydrogen (secondary N) is 1. The van der Waals surface area contributed by atoms with Crippen LogP contribution in [0.1, 0.15) is 17.3 Å². The number of carbonyl (C=O) groups is 1. The minimum atomic E-state index is -3.66. The Hall–Kier alpha value is -2.09. The fraction of sp³-hybridized carbons (Fsp3) is 0.235. The van der Waals surface area contributed by atoms with Gasteiger partial charge in [-0.1, -0.05) is 11.6 Å². The monoisotopic (exact) mass is 382 g/mol. The number of anilines is 1. The van der Waals surface area contributed by atoms with Crippen molar-refractivity contribution in [3.05, 3.63) is 53.1 Å². The molecule has 0 aliphatic heterocycles. The smallest absolute Gasteiger partial charge is 0.257 e. The van der Waals surface area contributed by atoms with Crippen LogP contribution in [0, 0.1) is 0 Å². The summed E-state index contributed by atoms with van der Waals surface area (Å²) in [5.41, 5.74) is 0.629. The number of hydrogen-bond acceptors (Lipinski definition) is 4. The number of rotatable bonds is 6. The maximum absolute atomic E-state index is 12.5. The number of halogens is 1. The van der Waals surface area contributed by atoms with E-state index in [1.54, 1.807) is 24.3 Å². The molecule has 2 aromatic carbocycles. The fourth-order valence-electron chi connectivity index (χ4n) is 2.05. The predicted molar refractivity (Wildman–Crippen MR) is 97.9 cm³/mol. The summed E-state index contributed by atoms with van der Waals surface area (Å²) in [5, 5.41) is 2.86. The standard InChI is InChI=1S/C17H19ClN2O4S/c1-4-24-13-7-5-12(6-8-13)19-17(21)15-11-14(9-10-16(15)18)25(22,23)20(2)3/h5-11H,4H2,1-3H3,(H,19,21). The van der Waals surface area contributed by atoms with Crippen LogP contribution in [0.25, 0.3) is 0 Å². The Morgan fingerprint density at radius 1 is 1.16 bits per heavy atom. The first-order chi connectivity index (χ1) is 11.8. The van der Waals surface area contributed by atoms with Gasteiger partial charge in [0.15, 0.2) is 0 Å². The van der Waals surface area contributed by atoms with Crippen LogP contribution in [0.3, 0.4) is 0 Å².